The van der Waals surface area contributed by atoms with Gasteiger partial charge in [0.25, 0.3) is 0 Å². The predicted octanol–water partition coefficient (Wildman–Crippen LogP) is 5.53. The van der Waals surface area contributed by atoms with Crippen LogP contribution in [0.15, 0.2) is 78.9 Å². The van der Waals surface area contributed by atoms with Crippen LogP contribution in [0, 0.1) is 0 Å². The van der Waals surface area contributed by atoms with E-state index in [9.17, 15) is 5.11 Å². The van der Waals surface area contributed by atoms with Gasteiger partial charge >= 0.3 is 0 Å². The van der Waals surface area contributed by atoms with Crippen molar-refractivity contribution in [2.45, 2.75) is 12.2 Å². The average molecular weight is 429 g/mol. The van der Waals surface area contributed by atoms with Crippen LogP contribution >= 0.6 is 0 Å². The Morgan fingerprint density at radius 2 is 1.22 bits per heavy atom. The molecule has 2 aliphatic rings. The molecule has 2 aliphatic heterocycles. The second-order valence-electron chi connectivity index (χ2n) is 7.72. The molecule has 0 amide bonds. The Balaban J connectivity index is 0.000000225. The van der Waals surface area contributed by atoms with Gasteiger partial charge in [0.15, 0.2) is 0 Å². The standard InChI is InChI=1S/C22H18O.C6H10O3/c23-22-13-7-12-20(16-14-18-8-3-1-4-9-18)21(22)17-15-19-10-5-2-6-11-19;1(5-3-8-5)7-2-6-4-9-6/h1-17,23H;5-6H,1-4H2/b16-14+,17-15+;. The highest BCUT2D eigenvalue weighted by Gasteiger charge is 2.26. The molecule has 0 radical (unpaired) electrons. The molecule has 0 spiro atoms. The second kappa shape index (κ2) is 11.4. The zero-order valence-electron chi connectivity index (χ0n) is 18.0. The van der Waals surface area contributed by atoms with Crippen LogP contribution in [0.3, 0.4) is 0 Å². The number of hydrogen-bond acceptors (Lipinski definition) is 4. The number of ether oxygens (including phenoxy) is 3. The Morgan fingerprint density at radius 3 is 1.75 bits per heavy atom. The number of epoxide rings is 2. The maximum Gasteiger partial charge on any atom is 0.123 e. The van der Waals surface area contributed by atoms with Crippen molar-refractivity contribution in [3.05, 3.63) is 101 Å². The van der Waals surface area contributed by atoms with Gasteiger partial charge in [0.05, 0.1) is 26.4 Å². The van der Waals surface area contributed by atoms with Gasteiger partial charge in [0.1, 0.15) is 18.0 Å². The van der Waals surface area contributed by atoms with Crippen LogP contribution in [-0.2, 0) is 14.2 Å². The zero-order chi connectivity index (χ0) is 22.0. The first-order valence-corrected chi connectivity index (χ1v) is 10.9. The number of phenolic OH excluding ortho intramolecular Hbond substituents is 1. The molecule has 5 rings (SSSR count). The highest BCUT2D eigenvalue weighted by Crippen LogP contribution is 2.25. The fourth-order valence-electron chi connectivity index (χ4n) is 3.05. The normalized spacial score (nSPS) is 19.0. The first-order chi connectivity index (χ1) is 15.8. The molecule has 0 aliphatic carbocycles. The van der Waals surface area contributed by atoms with Crippen LogP contribution in [0.4, 0.5) is 0 Å². The summed E-state index contributed by atoms with van der Waals surface area (Å²) in [6.45, 7) is 3.26. The van der Waals surface area contributed by atoms with E-state index < -0.39 is 0 Å². The van der Waals surface area contributed by atoms with E-state index >= 15 is 0 Å². The van der Waals surface area contributed by atoms with Gasteiger partial charge in [0.2, 0.25) is 0 Å². The van der Waals surface area contributed by atoms with Crippen molar-refractivity contribution < 1.29 is 19.3 Å². The Hall–Kier alpha value is -3.18. The van der Waals surface area contributed by atoms with Crippen molar-refractivity contribution in [1.82, 2.24) is 0 Å². The van der Waals surface area contributed by atoms with Crippen LogP contribution in [0.1, 0.15) is 22.3 Å². The number of aromatic hydroxyl groups is 1. The molecule has 3 aromatic carbocycles. The van der Waals surface area contributed by atoms with Crippen LogP contribution < -0.4 is 0 Å². The van der Waals surface area contributed by atoms with Crippen molar-refractivity contribution in [2.24, 2.45) is 0 Å². The Morgan fingerprint density at radius 1 is 0.688 bits per heavy atom. The lowest BCUT2D eigenvalue weighted by Gasteiger charge is -2.04. The number of benzene rings is 3. The Kier molecular flexibility index (Phi) is 7.88. The maximum atomic E-state index is 10.2. The van der Waals surface area contributed by atoms with Gasteiger partial charge in [-0.05, 0) is 22.8 Å². The van der Waals surface area contributed by atoms with Gasteiger partial charge in [0, 0.05) is 5.56 Å². The molecule has 2 heterocycles. The van der Waals surface area contributed by atoms with E-state index in [1.807, 2.05) is 78.9 Å². The molecule has 1 N–H and O–H groups in total. The van der Waals surface area contributed by atoms with E-state index in [2.05, 4.69) is 18.2 Å². The summed E-state index contributed by atoms with van der Waals surface area (Å²) in [5, 5.41) is 10.2. The van der Waals surface area contributed by atoms with Gasteiger partial charge in [-0.1, -0.05) is 97.1 Å². The van der Waals surface area contributed by atoms with Crippen LogP contribution in [0.2, 0.25) is 0 Å². The van der Waals surface area contributed by atoms with E-state index in [0.717, 1.165) is 48.7 Å². The molecule has 164 valence electrons. The minimum atomic E-state index is 0.285. The summed E-state index contributed by atoms with van der Waals surface area (Å²) in [5.74, 6) is 0.285. The third-order valence-electron chi connectivity index (χ3n) is 5.03. The van der Waals surface area contributed by atoms with Gasteiger partial charge in [-0.3, -0.25) is 0 Å². The third-order valence-corrected chi connectivity index (χ3v) is 5.03. The van der Waals surface area contributed by atoms with E-state index in [1.165, 1.54) is 0 Å². The van der Waals surface area contributed by atoms with Crippen LogP contribution in [0.25, 0.3) is 24.3 Å². The summed E-state index contributed by atoms with van der Waals surface area (Å²) < 4.78 is 15.1. The molecule has 2 saturated heterocycles. The highest BCUT2D eigenvalue weighted by molar-refractivity contribution is 5.81. The lowest BCUT2D eigenvalue weighted by molar-refractivity contribution is 0.102. The van der Waals surface area contributed by atoms with Crippen molar-refractivity contribution in [3.63, 3.8) is 0 Å². The van der Waals surface area contributed by atoms with Crippen molar-refractivity contribution in [1.29, 1.82) is 0 Å². The zero-order valence-corrected chi connectivity index (χ0v) is 18.0. The molecule has 0 aromatic heterocycles. The highest BCUT2D eigenvalue weighted by atomic mass is 16.6. The molecule has 4 nitrogen and oxygen atoms in total. The molecular formula is C28H28O4. The molecule has 2 unspecified atom stereocenters. The van der Waals surface area contributed by atoms with Crippen molar-refractivity contribution in [2.75, 3.05) is 26.4 Å². The summed E-state index contributed by atoms with van der Waals surface area (Å²) in [7, 11) is 0. The van der Waals surface area contributed by atoms with Gasteiger partial charge in [-0.15, -0.1) is 0 Å². The Bertz CT molecular complexity index is 1010. The smallest absolute Gasteiger partial charge is 0.123 e. The number of rotatable bonds is 8. The summed E-state index contributed by atoms with van der Waals surface area (Å²) in [5.41, 5.74) is 4.05. The molecule has 2 fully saturated rings. The maximum absolute atomic E-state index is 10.2. The molecule has 3 aromatic rings. The molecular weight excluding hydrogens is 400 g/mol. The van der Waals surface area contributed by atoms with E-state index in [0.29, 0.717) is 12.2 Å². The number of phenols is 1. The lowest BCUT2D eigenvalue weighted by Crippen LogP contribution is -2.06. The lowest BCUT2D eigenvalue weighted by atomic mass is 10.0. The Labute approximate surface area is 189 Å². The molecule has 0 bridgehead atoms. The van der Waals surface area contributed by atoms with E-state index in [-0.39, 0.29) is 5.75 Å². The largest absolute Gasteiger partial charge is 0.507 e. The molecule has 4 heteroatoms. The summed E-state index contributed by atoms with van der Waals surface area (Å²) in [6.07, 6.45) is 8.82. The monoisotopic (exact) mass is 428 g/mol. The van der Waals surface area contributed by atoms with Gasteiger partial charge < -0.3 is 19.3 Å². The fraction of sp³-hybridized carbons (Fsp3) is 0.214. The minimum absolute atomic E-state index is 0.285. The minimum Gasteiger partial charge on any atom is -0.507 e. The first kappa shape index (κ1) is 22.0. The topological polar surface area (TPSA) is 54.5 Å². The summed E-state index contributed by atoms with van der Waals surface area (Å²) in [4.78, 5) is 0. The number of hydrogen-bond donors (Lipinski definition) is 1. The van der Waals surface area contributed by atoms with E-state index in [4.69, 9.17) is 14.2 Å². The van der Waals surface area contributed by atoms with Crippen molar-refractivity contribution >= 4 is 24.3 Å². The van der Waals surface area contributed by atoms with Crippen LogP contribution in [-0.4, -0.2) is 43.7 Å². The molecule has 2 atom stereocenters. The SMILES string of the molecule is C(OCC1CO1)C1CO1.Oc1cccc(/C=C/c2ccccc2)c1/C=C/c1ccccc1. The molecule has 32 heavy (non-hydrogen) atoms. The summed E-state index contributed by atoms with van der Waals surface area (Å²) in [6, 6.07) is 25.8. The van der Waals surface area contributed by atoms with Crippen LogP contribution in [0.5, 0.6) is 5.75 Å². The van der Waals surface area contributed by atoms with Gasteiger partial charge in [-0.25, -0.2) is 0 Å². The molecule has 0 saturated carbocycles. The summed E-state index contributed by atoms with van der Waals surface area (Å²) >= 11 is 0. The first-order valence-electron chi connectivity index (χ1n) is 10.9. The third kappa shape index (κ3) is 7.50. The predicted molar refractivity (Wildman–Crippen MR) is 129 cm³/mol. The fourth-order valence-corrected chi connectivity index (χ4v) is 3.05. The van der Waals surface area contributed by atoms with Crippen molar-refractivity contribution in [3.8, 4) is 5.75 Å². The second-order valence-corrected chi connectivity index (χ2v) is 7.72. The van der Waals surface area contributed by atoms with Gasteiger partial charge in [-0.2, -0.15) is 0 Å². The van der Waals surface area contributed by atoms with E-state index in [1.54, 1.807) is 6.07 Å². The average Bonchev–Trinajstić information content (AvgIpc) is 3.75. The quantitative estimate of drug-likeness (QED) is 0.378.